The van der Waals surface area contributed by atoms with Crippen LogP contribution in [0.3, 0.4) is 0 Å². The summed E-state index contributed by atoms with van der Waals surface area (Å²) >= 11 is 0. The average Bonchev–Trinajstić information content (AvgIpc) is 2.13. The molecule has 1 heterocycles. The number of hydrogen-bond acceptors (Lipinski definition) is 4. The Morgan fingerprint density at radius 1 is 1.77 bits per heavy atom. The van der Waals surface area contributed by atoms with Gasteiger partial charge in [-0.3, -0.25) is 9.59 Å². The molecule has 0 aromatic carbocycles. The van der Waals surface area contributed by atoms with Crippen molar-refractivity contribution in [2.75, 3.05) is 13.7 Å². The van der Waals surface area contributed by atoms with Gasteiger partial charge in [-0.2, -0.15) is 0 Å². The number of nitrogens with two attached hydrogens (primary N) is 1. The Morgan fingerprint density at radius 2 is 2.46 bits per heavy atom. The van der Waals surface area contributed by atoms with Gasteiger partial charge < -0.3 is 15.8 Å². The van der Waals surface area contributed by atoms with Crippen LogP contribution in [0, 0.1) is 5.92 Å². The fourth-order valence-corrected chi connectivity index (χ4v) is 1.42. The molecule has 2 atom stereocenters. The lowest BCUT2D eigenvalue weighted by atomic mass is 9.90. The van der Waals surface area contributed by atoms with E-state index < -0.39 is 6.04 Å². The highest BCUT2D eigenvalue weighted by Gasteiger charge is 2.30. The molecule has 0 aromatic heterocycles. The molecule has 1 saturated heterocycles. The molecule has 5 heteroatoms. The van der Waals surface area contributed by atoms with Gasteiger partial charge in [0.15, 0.2) is 0 Å². The van der Waals surface area contributed by atoms with E-state index in [4.69, 9.17) is 5.73 Å². The fraction of sp³-hybridized carbons (Fsp3) is 0.750. The molecule has 0 bridgehead atoms. The number of carbonyl (C=O) groups is 2. The van der Waals surface area contributed by atoms with Crippen molar-refractivity contribution in [3.8, 4) is 0 Å². The maximum atomic E-state index is 11.1. The molecule has 1 unspecified atom stereocenters. The molecule has 3 N–H and O–H groups in total. The predicted molar refractivity (Wildman–Crippen MR) is 45.7 cm³/mol. The molecule has 0 aromatic rings. The van der Waals surface area contributed by atoms with Crippen molar-refractivity contribution in [2.24, 2.45) is 11.7 Å². The van der Waals surface area contributed by atoms with Crippen LogP contribution in [0.4, 0.5) is 0 Å². The van der Waals surface area contributed by atoms with Crippen molar-refractivity contribution in [2.45, 2.75) is 18.9 Å². The van der Waals surface area contributed by atoms with Gasteiger partial charge in [0.25, 0.3) is 0 Å². The Bertz CT molecular complexity index is 217. The molecule has 13 heavy (non-hydrogen) atoms. The van der Waals surface area contributed by atoms with Crippen molar-refractivity contribution in [3.05, 3.63) is 0 Å². The highest BCUT2D eigenvalue weighted by Crippen LogP contribution is 2.16. The highest BCUT2D eigenvalue weighted by molar-refractivity contribution is 5.83. The first-order chi connectivity index (χ1) is 6.15. The topological polar surface area (TPSA) is 81.4 Å². The summed E-state index contributed by atoms with van der Waals surface area (Å²) in [4.78, 5) is 22.0. The number of methoxy groups -OCH3 is 1. The number of amides is 1. The largest absolute Gasteiger partial charge is 0.469 e. The summed E-state index contributed by atoms with van der Waals surface area (Å²) in [5.74, 6) is -0.573. The first-order valence-corrected chi connectivity index (χ1v) is 4.25. The van der Waals surface area contributed by atoms with Gasteiger partial charge in [0.2, 0.25) is 5.91 Å². The third-order valence-corrected chi connectivity index (χ3v) is 2.28. The standard InChI is InChI=1S/C8H14N2O3/c1-13-6(11)4-5-2-3-10-8(12)7(5)9/h5,7H,2-4,9H2,1H3,(H,10,12)/t5-,7?/m0/s1. The molecule has 1 amide bonds. The summed E-state index contributed by atoms with van der Waals surface area (Å²) < 4.78 is 4.51. The van der Waals surface area contributed by atoms with Crippen molar-refractivity contribution >= 4 is 11.9 Å². The van der Waals surface area contributed by atoms with Crippen LogP contribution in [0.1, 0.15) is 12.8 Å². The molecule has 74 valence electrons. The van der Waals surface area contributed by atoms with Gasteiger partial charge in [-0.15, -0.1) is 0 Å². The third-order valence-electron chi connectivity index (χ3n) is 2.28. The normalized spacial score (nSPS) is 28.0. The summed E-state index contributed by atoms with van der Waals surface area (Å²) in [5.41, 5.74) is 5.61. The zero-order chi connectivity index (χ0) is 9.84. The second-order valence-electron chi connectivity index (χ2n) is 3.15. The zero-order valence-corrected chi connectivity index (χ0v) is 7.58. The number of piperidine rings is 1. The Hall–Kier alpha value is -1.10. The average molecular weight is 186 g/mol. The summed E-state index contributed by atoms with van der Waals surface area (Å²) in [5, 5.41) is 2.64. The fourth-order valence-electron chi connectivity index (χ4n) is 1.42. The first-order valence-electron chi connectivity index (χ1n) is 4.25. The van der Waals surface area contributed by atoms with Crippen molar-refractivity contribution in [1.82, 2.24) is 5.32 Å². The second-order valence-corrected chi connectivity index (χ2v) is 3.15. The second kappa shape index (κ2) is 4.23. The van der Waals surface area contributed by atoms with Gasteiger partial charge in [0, 0.05) is 6.54 Å². The number of ether oxygens (including phenoxy) is 1. The Labute approximate surface area is 76.6 Å². The molecule has 0 spiro atoms. The molecule has 0 saturated carbocycles. The van der Waals surface area contributed by atoms with Gasteiger partial charge >= 0.3 is 5.97 Å². The summed E-state index contributed by atoms with van der Waals surface area (Å²) in [6, 6.07) is -0.576. The Balaban J connectivity index is 2.48. The van der Waals surface area contributed by atoms with E-state index in [0.29, 0.717) is 6.54 Å². The van der Waals surface area contributed by atoms with E-state index in [1.165, 1.54) is 7.11 Å². The SMILES string of the molecule is COC(=O)C[C@@H]1CCNC(=O)C1N. The lowest BCUT2D eigenvalue weighted by Crippen LogP contribution is -2.51. The van der Waals surface area contributed by atoms with Crippen LogP contribution >= 0.6 is 0 Å². The number of nitrogens with one attached hydrogen (secondary N) is 1. The van der Waals surface area contributed by atoms with Crippen LogP contribution < -0.4 is 11.1 Å². The molecule has 0 aliphatic carbocycles. The molecule has 1 aliphatic rings. The van der Waals surface area contributed by atoms with E-state index in [9.17, 15) is 9.59 Å². The lowest BCUT2D eigenvalue weighted by molar-refractivity contribution is -0.142. The smallest absolute Gasteiger partial charge is 0.305 e. The van der Waals surface area contributed by atoms with Crippen molar-refractivity contribution in [1.29, 1.82) is 0 Å². The van der Waals surface area contributed by atoms with E-state index in [1.807, 2.05) is 0 Å². The van der Waals surface area contributed by atoms with E-state index in [1.54, 1.807) is 0 Å². The van der Waals surface area contributed by atoms with Crippen LogP contribution in [0.15, 0.2) is 0 Å². The maximum Gasteiger partial charge on any atom is 0.305 e. The van der Waals surface area contributed by atoms with Crippen LogP contribution in [0.2, 0.25) is 0 Å². The Kier molecular flexibility index (Phi) is 3.25. The number of hydrogen-bond donors (Lipinski definition) is 2. The van der Waals surface area contributed by atoms with Crippen LogP contribution in [0.5, 0.6) is 0 Å². The molecule has 0 radical (unpaired) electrons. The summed E-state index contributed by atoms with van der Waals surface area (Å²) in [7, 11) is 1.33. The first kappa shape index (κ1) is 9.98. The third kappa shape index (κ3) is 2.42. The minimum Gasteiger partial charge on any atom is -0.469 e. The Morgan fingerprint density at radius 3 is 3.08 bits per heavy atom. The lowest BCUT2D eigenvalue weighted by Gasteiger charge is -2.27. The van der Waals surface area contributed by atoms with Crippen LogP contribution in [0.25, 0.3) is 0 Å². The van der Waals surface area contributed by atoms with Gasteiger partial charge in [0.1, 0.15) is 0 Å². The molecular formula is C8H14N2O3. The molecule has 1 rings (SSSR count). The van der Waals surface area contributed by atoms with Crippen LogP contribution in [-0.4, -0.2) is 31.6 Å². The number of carbonyl (C=O) groups excluding carboxylic acids is 2. The molecule has 1 fully saturated rings. The minimum absolute atomic E-state index is 0.0822. The predicted octanol–water partition coefficient (Wildman–Crippen LogP) is -0.987. The number of rotatable bonds is 2. The quantitative estimate of drug-likeness (QED) is 0.543. The van der Waals surface area contributed by atoms with Crippen molar-refractivity contribution < 1.29 is 14.3 Å². The monoisotopic (exact) mass is 186 g/mol. The van der Waals surface area contributed by atoms with Crippen molar-refractivity contribution in [3.63, 3.8) is 0 Å². The minimum atomic E-state index is -0.576. The van der Waals surface area contributed by atoms with Gasteiger partial charge in [-0.1, -0.05) is 0 Å². The summed E-state index contributed by atoms with van der Waals surface area (Å²) in [6.07, 6.45) is 0.965. The number of esters is 1. The molecule has 1 aliphatic heterocycles. The molecule has 5 nitrogen and oxygen atoms in total. The zero-order valence-electron chi connectivity index (χ0n) is 7.58. The van der Waals surface area contributed by atoms with E-state index in [0.717, 1.165) is 6.42 Å². The van der Waals surface area contributed by atoms with E-state index >= 15 is 0 Å². The van der Waals surface area contributed by atoms with Gasteiger partial charge in [-0.25, -0.2) is 0 Å². The van der Waals surface area contributed by atoms with E-state index in [2.05, 4.69) is 10.1 Å². The van der Waals surface area contributed by atoms with Gasteiger partial charge in [-0.05, 0) is 12.3 Å². The van der Waals surface area contributed by atoms with E-state index in [-0.39, 0.29) is 24.2 Å². The van der Waals surface area contributed by atoms with Gasteiger partial charge in [0.05, 0.1) is 19.6 Å². The van der Waals surface area contributed by atoms with Crippen LogP contribution in [-0.2, 0) is 14.3 Å². The summed E-state index contributed by atoms with van der Waals surface area (Å²) in [6.45, 7) is 0.591. The maximum absolute atomic E-state index is 11.1. The molecular weight excluding hydrogens is 172 g/mol. The highest BCUT2D eigenvalue weighted by atomic mass is 16.5.